The van der Waals surface area contributed by atoms with Gasteiger partial charge in [-0.2, -0.15) is 0 Å². The molecule has 10 heteroatoms. The first-order valence-electron chi connectivity index (χ1n) is 9.01. The summed E-state index contributed by atoms with van der Waals surface area (Å²) in [4.78, 5) is 23.3. The van der Waals surface area contributed by atoms with Crippen LogP contribution in [0.1, 0.15) is 15.9 Å². The maximum Gasteiger partial charge on any atom is 0.316 e. The Morgan fingerprint density at radius 2 is 1.52 bits per heavy atom. The highest BCUT2D eigenvalue weighted by molar-refractivity contribution is 7.92. The SMILES string of the molecule is Cc1ccc(S(=O)(=O)Nc2cccc(C(=O)Nc3cccc(NC(N)=O)c3)c2)cc1F. The lowest BCUT2D eigenvalue weighted by Gasteiger charge is -2.11. The summed E-state index contributed by atoms with van der Waals surface area (Å²) in [6.45, 7) is 1.53. The van der Waals surface area contributed by atoms with Crippen LogP contribution >= 0.6 is 0 Å². The minimum Gasteiger partial charge on any atom is -0.351 e. The minimum atomic E-state index is -4.04. The molecule has 5 N–H and O–H groups in total. The van der Waals surface area contributed by atoms with Crippen LogP contribution in [0.4, 0.5) is 26.2 Å². The Kier molecular flexibility index (Phi) is 6.21. The molecule has 0 aliphatic carbocycles. The molecule has 0 atom stereocenters. The highest BCUT2D eigenvalue weighted by Crippen LogP contribution is 2.21. The van der Waals surface area contributed by atoms with Crippen molar-refractivity contribution in [1.82, 2.24) is 0 Å². The second-order valence-corrected chi connectivity index (χ2v) is 8.30. The van der Waals surface area contributed by atoms with Gasteiger partial charge in [-0.3, -0.25) is 9.52 Å². The number of carbonyl (C=O) groups is 2. The number of aryl methyl sites for hydroxylation is 1. The van der Waals surface area contributed by atoms with E-state index < -0.39 is 27.8 Å². The van der Waals surface area contributed by atoms with Crippen LogP contribution in [0.3, 0.4) is 0 Å². The number of nitrogens with one attached hydrogen (secondary N) is 3. The number of anilines is 3. The molecule has 3 rings (SSSR count). The highest BCUT2D eigenvalue weighted by atomic mass is 32.2. The molecule has 0 spiro atoms. The van der Waals surface area contributed by atoms with Gasteiger partial charge in [0.1, 0.15) is 5.82 Å². The summed E-state index contributed by atoms with van der Waals surface area (Å²) >= 11 is 0. The molecule has 0 aliphatic heterocycles. The van der Waals surface area contributed by atoms with E-state index in [1.807, 2.05) is 0 Å². The van der Waals surface area contributed by atoms with Gasteiger partial charge < -0.3 is 16.4 Å². The van der Waals surface area contributed by atoms with Gasteiger partial charge in [-0.05, 0) is 61.0 Å². The first-order valence-corrected chi connectivity index (χ1v) is 10.5. The van der Waals surface area contributed by atoms with Gasteiger partial charge in [0.25, 0.3) is 15.9 Å². The van der Waals surface area contributed by atoms with Crippen molar-refractivity contribution in [3.8, 4) is 0 Å². The predicted molar refractivity (Wildman–Crippen MR) is 116 cm³/mol. The number of halogens is 1. The highest BCUT2D eigenvalue weighted by Gasteiger charge is 2.17. The topological polar surface area (TPSA) is 130 Å². The Balaban J connectivity index is 1.77. The maximum absolute atomic E-state index is 13.7. The number of carbonyl (C=O) groups excluding carboxylic acids is 2. The van der Waals surface area contributed by atoms with E-state index in [0.717, 1.165) is 6.07 Å². The molecule has 0 aliphatic rings. The monoisotopic (exact) mass is 442 g/mol. The van der Waals surface area contributed by atoms with Crippen molar-refractivity contribution < 1.29 is 22.4 Å². The van der Waals surface area contributed by atoms with Crippen molar-refractivity contribution in [3.63, 3.8) is 0 Å². The molecule has 31 heavy (non-hydrogen) atoms. The van der Waals surface area contributed by atoms with Gasteiger partial charge in [0.05, 0.1) is 4.90 Å². The quantitative estimate of drug-likeness (QED) is 0.464. The molecular formula is C21H19FN4O4S. The largest absolute Gasteiger partial charge is 0.351 e. The Bertz CT molecular complexity index is 1260. The van der Waals surface area contributed by atoms with Crippen molar-refractivity contribution in [3.05, 3.63) is 83.7 Å². The van der Waals surface area contributed by atoms with Crippen LogP contribution < -0.4 is 21.1 Å². The van der Waals surface area contributed by atoms with Crippen molar-refractivity contribution in [2.24, 2.45) is 5.73 Å². The summed E-state index contributed by atoms with van der Waals surface area (Å²) in [6, 6.07) is 15.0. The third-order valence-corrected chi connectivity index (χ3v) is 5.60. The maximum atomic E-state index is 13.7. The number of hydrogen-bond acceptors (Lipinski definition) is 4. The molecule has 160 valence electrons. The van der Waals surface area contributed by atoms with Crippen molar-refractivity contribution in [2.75, 3.05) is 15.4 Å². The molecule has 3 amide bonds. The average Bonchev–Trinajstić information content (AvgIpc) is 2.69. The molecule has 0 heterocycles. The van der Waals surface area contributed by atoms with Gasteiger partial charge in [-0.15, -0.1) is 0 Å². The number of nitrogens with two attached hydrogens (primary N) is 1. The van der Waals surface area contributed by atoms with Gasteiger partial charge in [0.2, 0.25) is 0 Å². The van der Waals surface area contributed by atoms with Crippen molar-refractivity contribution in [1.29, 1.82) is 0 Å². The average molecular weight is 442 g/mol. The van der Waals surface area contributed by atoms with E-state index in [1.165, 1.54) is 49.4 Å². The van der Waals surface area contributed by atoms with Crippen LogP contribution in [0.2, 0.25) is 0 Å². The Labute approximate surface area is 178 Å². The Hall–Kier alpha value is -3.92. The summed E-state index contributed by atoms with van der Waals surface area (Å²) in [6.07, 6.45) is 0. The molecule has 0 bridgehead atoms. The van der Waals surface area contributed by atoms with E-state index in [1.54, 1.807) is 18.2 Å². The normalized spacial score (nSPS) is 10.9. The molecule has 0 fully saturated rings. The standard InChI is InChI=1S/C21H19FN4O4S/c1-13-8-9-18(12-19(13)22)31(29,30)26-17-7-2-4-14(10-17)20(27)24-15-5-3-6-16(11-15)25-21(23)28/h2-12,26H,1H3,(H,24,27)(H3,23,25,28). The lowest BCUT2D eigenvalue weighted by atomic mass is 10.2. The van der Waals surface area contributed by atoms with Crippen LogP contribution in [-0.2, 0) is 10.0 Å². The summed E-state index contributed by atoms with van der Waals surface area (Å²) < 4.78 is 41.2. The van der Waals surface area contributed by atoms with Gasteiger partial charge in [-0.1, -0.05) is 18.2 Å². The van der Waals surface area contributed by atoms with Gasteiger partial charge in [0.15, 0.2) is 0 Å². The van der Waals surface area contributed by atoms with Gasteiger partial charge >= 0.3 is 6.03 Å². The fourth-order valence-corrected chi connectivity index (χ4v) is 3.76. The number of amides is 3. The van der Waals surface area contributed by atoms with Crippen LogP contribution in [0.25, 0.3) is 0 Å². The summed E-state index contributed by atoms with van der Waals surface area (Å²) in [5, 5.41) is 5.05. The first-order chi connectivity index (χ1) is 14.6. The number of rotatable bonds is 6. The zero-order valence-electron chi connectivity index (χ0n) is 16.3. The van der Waals surface area contributed by atoms with E-state index in [9.17, 15) is 22.4 Å². The number of urea groups is 1. The van der Waals surface area contributed by atoms with Crippen LogP contribution in [0, 0.1) is 12.7 Å². The van der Waals surface area contributed by atoms with Crippen LogP contribution in [0.5, 0.6) is 0 Å². The van der Waals surface area contributed by atoms with E-state index >= 15 is 0 Å². The molecule has 3 aromatic carbocycles. The van der Waals surface area contributed by atoms with Crippen molar-refractivity contribution in [2.45, 2.75) is 11.8 Å². The third kappa shape index (κ3) is 5.58. The number of primary amides is 1. The van der Waals surface area contributed by atoms with E-state index in [4.69, 9.17) is 5.73 Å². The molecule has 0 unspecified atom stereocenters. The lowest BCUT2D eigenvalue weighted by molar-refractivity contribution is 0.102. The summed E-state index contributed by atoms with van der Waals surface area (Å²) in [5.74, 6) is -1.14. The molecule has 8 nitrogen and oxygen atoms in total. The minimum absolute atomic E-state index is 0.137. The number of hydrogen-bond donors (Lipinski definition) is 4. The fraction of sp³-hybridized carbons (Fsp3) is 0.0476. The summed E-state index contributed by atoms with van der Waals surface area (Å²) in [5.41, 5.74) is 6.53. The van der Waals surface area contributed by atoms with Crippen molar-refractivity contribution >= 4 is 39.0 Å². The van der Waals surface area contributed by atoms with Gasteiger partial charge in [0, 0.05) is 22.6 Å². The summed E-state index contributed by atoms with van der Waals surface area (Å²) in [7, 11) is -4.04. The Morgan fingerprint density at radius 3 is 2.19 bits per heavy atom. The van der Waals surface area contributed by atoms with Crippen LogP contribution in [-0.4, -0.2) is 20.4 Å². The molecule has 0 saturated carbocycles. The second kappa shape index (κ2) is 8.84. The smallest absolute Gasteiger partial charge is 0.316 e. The van der Waals surface area contributed by atoms with Crippen LogP contribution in [0.15, 0.2) is 71.6 Å². The van der Waals surface area contributed by atoms with E-state index in [2.05, 4.69) is 15.4 Å². The second-order valence-electron chi connectivity index (χ2n) is 6.62. The van der Waals surface area contributed by atoms with E-state index in [-0.39, 0.29) is 16.1 Å². The number of sulfonamides is 1. The lowest BCUT2D eigenvalue weighted by Crippen LogP contribution is -2.19. The molecule has 0 saturated heterocycles. The fourth-order valence-electron chi connectivity index (χ4n) is 2.70. The molecule has 0 aromatic heterocycles. The molecule has 0 radical (unpaired) electrons. The molecule has 3 aromatic rings. The predicted octanol–water partition coefficient (Wildman–Crippen LogP) is 3.68. The van der Waals surface area contributed by atoms with Gasteiger partial charge in [-0.25, -0.2) is 17.6 Å². The third-order valence-electron chi connectivity index (χ3n) is 4.22. The Morgan fingerprint density at radius 1 is 0.871 bits per heavy atom. The van der Waals surface area contributed by atoms with E-state index in [0.29, 0.717) is 16.9 Å². The number of benzene rings is 3. The molecular weight excluding hydrogens is 423 g/mol. The zero-order chi connectivity index (χ0) is 22.6. The zero-order valence-corrected chi connectivity index (χ0v) is 17.2. The first kappa shape index (κ1) is 21.8.